The number of carbonyl (C=O) groups excluding carboxylic acids is 1. The van der Waals surface area contributed by atoms with Crippen LogP contribution in [0.1, 0.15) is 10.4 Å². The summed E-state index contributed by atoms with van der Waals surface area (Å²) in [5.41, 5.74) is 0.431. The normalized spacial score (nSPS) is 10.7. The van der Waals surface area contributed by atoms with E-state index in [-0.39, 0.29) is 19.1 Å². The van der Waals surface area contributed by atoms with E-state index >= 15 is 0 Å². The molecule has 18 heavy (non-hydrogen) atoms. The molecule has 0 radical (unpaired) electrons. The molecular formula is C11H11BrClF2NO2. The highest BCUT2D eigenvalue weighted by Crippen LogP contribution is 2.23. The molecule has 0 heterocycles. The van der Waals surface area contributed by atoms with E-state index in [4.69, 9.17) is 11.6 Å². The van der Waals surface area contributed by atoms with Crippen LogP contribution in [0.3, 0.4) is 0 Å². The van der Waals surface area contributed by atoms with Crippen molar-refractivity contribution in [2.75, 3.05) is 19.8 Å². The van der Waals surface area contributed by atoms with Crippen LogP contribution >= 0.6 is 27.5 Å². The van der Waals surface area contributed by atoms with Crippen LogP contribution in [0.4, 0.5) is 8.78 Å². The van der Waals surface area contributed by atoms with E-state index in [0.29, 0.717) is 15.1 Å². The van der Waals surface area contributed by atoms with Gasteiger partial charge in [0.1, 0.15) is 6.61 Å². The van der Waals surface area contributed by atoms with Gasteiger partial charge >= 0.3 is 0 Å². The minimum Gasteiger partial charge on any atom is -0.374 e. The van der Waals surface area contributed by atoms with Crippen molar-refractivity contribution in [3.63, 3.8) is 0 Å². The molecule has 1 aromatic carbocycles. The molecule has 0 aliphatic heterocycles. The van der Waals surface area contributed by atoms with Crippen molar-refractivity contribution in [3.05, 3.63) is 33.3 Å². The third kappa shape index (κ3) is 5.29. The van der Waals surface area contributed by atoms with Crippen LogP contribution in [-0.4, -0.2) is 32.1 Å². The Morgan fingerprint density at radius 2 is 2.22 bits per heavy atom. The largest absolute Gasteiger partial charge is 0.374 e. The van der Waals surface area contributed by atoms with Crippen molar-refractivity contribution in [2.45, 2.75) is 6.43 Å². The molecule has 0 bridgehead atoms. The van der Waals surface area contributed by atoms with E-state index in [9.17, 15) is 13.6 Å². The van der Waals surface area contributed by atoms with Crippen molar-refractivity contribution >= 4 is 33.4 Å². The number of amides is 1. The summed E-state index contributed by atoms with van der Waals surface area (Å²) >= 11 is 8.99. The summed E-state index contributed by atoms with van der Waals surface area (Å²) < 4.78 is 28.7. The minimum atomic E-state index is -2.49. The standard InChI is InChI=1S/C11H11BrClF2NO2/c12-8-5-7(1-2-9(8)13)11(17)16-3-4-18-6-10(14)15/h1-2,5,10H,3-4,6H2,(H,16,17). The second-order valence-electron chi connectivity index (χ2n) is 3.35. The lowest BCUT2D eigenvalue weighted by molar-refractivity contribution is 0.0188. The lowest BCUT2D eigenvalue weighted by Crippen LogP contribution is -2.27. The second kappa shape index (κ2) is 7.66. The molecule has 0 spiro atoms. The lowest BCUT2D eigenvalue weighted by atomic mass is 10.2. The monoisotopic (exact) mass is 341 g/mol. The number of hydrogen-bond acceptors (Lipinski definition) is 2. The van der Waals surface area contributed by atoms with Gasteiger partial charge in [0.25, 0.3) is 12.3 Å². The molecule has 0 fully saturated rings. The molecular weight excluding hydrogens is 331 g/mol. The summed E-state index contributed by atoms with van der Waals surface area (Å²) in [5.74, 6) is -0.312. The number of rotatable bonds is 6. The Morgan fingerprint density at radius 1 is 1.50 bits per heavy atom. The van der Waals surface area contributed by atoms with Gasteiger partial charge in [-0.15, -0.1) is 0 Å². The predicted molar refractivity (Wildman–Crippen MR) is 68.3 cm³/mol. The zero-order valence-electron chi connectivity index (χ0n) is 9.26. The van der Waals surface area contributed by atoms with E-state index < -0.39 is 13.0 Å². The van der Waals surface area contributed by atoms with Gasteiger partial charge in [0.15, 0.2) is 0 Å². The Bertz CT molecular complexity index is 418. The molecule has 0 aromatic heterocycles. The molecule has 1 rings (SSSR count). The maximum atomic E-state index is 11.7. The third-order valence-corrected chi connectivity index (χ3v) is 3.17. The number of hydrogen-bond donors (Lipinski definition) is 1. The molecule has 1 aromatic rings. The second-order valence-corrected chi connectivity index (χ2v) is 4.61. The van der Waals surface area contributed by atoms with Gasteiger partial charge in [0, 0.05) is 16.6 Å². The zero-order valence-corrected chi connectivity index (χ0v) is 11.6. The van der Waals surface area contributed by atoms with Crippen LogP contribution < -0.4 is 5.32 Å². The fraction of sp³-hybridized carbons (Fsp3) is 0.364. The highest BCUT2D eigenvalue weighted by molar-refractivity contribution is 9.10. The van der Waals surface area contributed by atoms with Crippen molar-refractivity contribution in [3.8, 4) is 0 Å². The molecule has 1 N–H and O–H groups in total. The Balaban J connectivity index is 2.34. The van der Waals surface area contributed by atoms with E-state index in [0.717, 1.165) is 0 Å². The van der Waals surface area contributed by atoms with Crippen molar-refractivity contribution in [1.29, 1.82) is 0 Å². The van der Waals surface area contributed by atoms with Crippen molar-refractivity contribution in [2.24, 2.45) is 0 Å². The van der Waals surface area contributed by atoms with Crippen LogP contribution in [0.5, 0.6) is 0 Å². The van der Waals surface area contributed by atoms with Crippen LogP contribution in [0.15, 0.2) is 22.7 Å². The molecule has 0 saturated carbocycles. The zero-order chi connectivity index (χ0) is 13.5. The van der Waals surface area contributed by atoms with Crippen LogP contribution in [0, 0.1) is 0 Å². The first-order valence-electron chi connectivity index (χ1n) is 5.10. The Kier molecular flexibility index (Phi) is 6.52. The van der Waals surface area contributed by atoms with E-state index in [1.165, 1.54) is 0 Å². The molecule has 7 heteroatoms. The van der Waals surface area contributed by atoms with Gasteiger partial charge < -0.3 is 10.1 Å². The van der Waals surface area contributed by atoms with Gasteiger partial charge in [0.05, 0.1) is 11.6 Å². The Labute approximate surface area is 117 Å². The van der Waals surface area contributed by atoms with Gasteiger partial charge in [-0.05, 0) is 34.1 Å². The van der Waals surface area contributed by atoms with Gasteiger partial charge in [-0.25, -0.2) is 8.78 Å². The van der Waals surface area contributed by atoms with Gasteiger partial charge in [-0.1, -0.05) is 11.6 Å². The Morgan fingerprint density at radius 3 is 2.83 bits per heavy atom. The maximum absolute atomic E-state index is 11.7. The number of nitrogens with one attached hydrogen (secondary N) is 1. The molecule has 0 aliphatic rings. The van der Waals surface area contributed by atoms with Crippen LogP contribution in [0.25, 0.3) is 0 Å². The fourth-order valence-electron chi connectivity index (χ4n) is 1.15. The fourth-order valence-corrected chi connectivity index (χ4v) is 1.64. The third-order valence-electron chi connectivity index (χ3n) is 1.96. The van der Waals surface area contributed by atoms with Crippen molar-refractivity contribution in [1.82, 2.24) is 5.32 Å². The smallest absolute Gasteiger partial charge is 0.261 e. The first kappa shape index (κ1) is 15.3. The molecule has 0 saturated heterocycles. The van der Waals surface area contributed by atoms with Gasteiger partial charge in [-0.2, -0.15) is 0 Å². The minimum absolute atomic E-state index is 0.0465. The topological polar surface area (TPSA) is 38.3 Å². The molecule has 1 amide bonds. The number of carbonyl (C=O) groups is 1. The molecule has 0 aliphatic carbocycles. The number of alkyl halides is 2. The summed E-state index contributed by atoms with van der Waals surface area (Å²) in [6.07, 6.45) is -2.49. The predicted octanol–water partition coefficient (Wildman–Crippen LogP) is 3.11. The molecule has 3 nitrogen and oxygen atoms in total. The first-order valence-corrected chi connectivity index (χ1v) is 6.27. The highest BCUT2D eigenvalue weighted by Gasteiger charge is 2.07. The summed E-state index contributed by atoms with van der Waals surface area (Å²) in [6.45, 7) is -0.404. The Hall–Kier alpha value is -0.720. The average molecular weight is 343 g/mol. The molecule has 100 valence electrons. The SMILES string of the molecule is O=C(NCCOCC(F)F)c1ccc(Cl)c(Br)c1. The van der Waals surface area contributed by atoms with E-state index in [2.05, 4.69) is 26.0 Å². The number of halogens is 4. The van der Waals surface area contributed by atoms with Gasteiger partial charge in [0.2, 0.25) is 0 Å². The number of ether oxygens (including phenoxy) is 1. The summed E-state index contributed by atoms with van der Waals surface area (Å²) in [7, 11) is 0. The maximum Gasteiger partial charge on any atom is 0.261 e. The van der Waals surface area contributed by atoms with Gasteiger partial charge in [-0.3, -0.25) is 4.79 Å². The summed E-state index contributed by atoms with van der Waals surface area (Å²) in [5, 5.41) is 3.05. The lowest BCUT2D eigenvalue weighted by Gasteiger charge is -2.07. The van der Waals surface area contributed by atoms with Crippen molar-refractivity contribution < 1.29 is 18.3 Å². The van der Waals surface area contributed by atoms with Crippen LogP contribution in [-0.2, 0) is 4.74 Å². The average Bonchev–Trinajstić information content (AvgIpc) is 2.31. The molecule has 0 unspecified atom stereocenters. The highest BCUT2D eigenvalue weighted by atomic mass is 79.9. The quantitative estimate of drug-likeness (QED) is 0.807. The van der Waals surface area contributed by atoms with E-state index in [1.54, 1.807) is 18.2 Å². The van der Waals surface area contributed by atoms with Crippen LogP contribution in [0.2, 0.25) is 5.02 Å². The summed E-state index contributed by atoms with van der Waals surface area (Å²) in [6, 6.07) is 4.74. The first-order chi connectivity index (χ1) is 8.50. The molecule has 0 atom stereocenters. The summed E-state index contributed by atoms with van der Waals surface area (Å²) in [4.78, 5) is 11.6. The number of benzene rings is 1. The van der Waals surface area contributed by atoms with E-state index in [1.807, 2.05) is 0 Å².